The molecule has 1 aliphatic heterocycles. The maximum atomic E-state index is 5.53. The van der Waals surface area contributed by atoms with Gasteiger partial charge in [0.05, 0.1) is 12.0 Å². The molecule has 0 fully saturated rings. The molecule has 2 heteroatoms. The van der Waals surface area contributed by atoms with E-state index in [-0.39, 0.29) is 5.41 Å². The SMILES string of the molecule is CCOCC1(C)Cc2ccc1o2. The van der Waals surface area contributed by atoms with Gasteiger partial charge >= 0.3 is 0 Å². The van der Waals surface area contributed by atoms with Gasteiger partial charge in [0.15, 0.2) is 0 Å². The highest BCUT2D eigenvalue weighted by molar-refractivity contribution is 5.26. The van der Waals surface area contributed by atoms with E-state index >= 15 is 0 Å². The molecular formula is C10H14O2. The summed E-state index contributed by atoms with van der Waals surface area (Å²) in [6.07, 6.45) is 0.999. The van der Waals surface area contributed by atoms with Gasteiger partial charge in [-0.2, -0.15) is 0 Å². The number of ether oxygens (including phenoxy) is 1. The Balaban J connectivity index is 2.10. The van der Waals surface area contributed by atoms with Crippen LogP contribution in [0.5, 0.6) is 0 Å². The topological polar surface area (TPSA) is 22.4 Å². The van der Waals surface area contributed by atoms with E-state index in [0.29, 0.717) is 0 Å². The van der Waals surface area contributed by atoms with Crippen molar-refractivity contribution in [3.05, 3.63) is 23.7 Å². The lowest BCUT2D eigenvalue weighted by atomic mass is 9.83. The third-order valence-electron chi connectivity index (χ3n) is 2.45. The third-order valence-corrected chi connectivity index (χ3v) is 2.45. The largest absolute Gasteiger partial charge is 0.465 e. The second kappa shape index (κ2) is 2.63. The lowest BCUT2D eigenvalue weighted by Gasteiger charge is -2.22. The van der Waals surface area contributed by atoms with E-state index in [4.69, 9.17) is 9.15 Å². The van der Waals surface area contributed by atoms with Crippen molar-refractivity contribution in [3.63, 3.8) is 0 Å². The van der Waals surface area contributed by atoms with Crippen LogP contribution in [0.25, 0.3) is 0 Å². The van der Waals surface area contributed by atoms with Crippen LogP contribution in [0.1, 0.15) is 25.4 Å². The van der Waals surface area contributed by atoms with Crippen molar-refractivity contribution in [3.8, 4) is 0 Å². The Morgan fingerprint density at radius 2 is 2.42 bits per heavy atom. The normalized spacial score (nSPS) is 26.5. The van der Waals surface area contributed by atoms with Crippen LogP contribution in [0, 0.1) is 0 Å². The molecule has 12 heavy (non-hydrogen) atoms. The lowest BCUT2D eigenvalue weighted by Crippen LogP contribution is -2.28. The summed E-state index contributed by atoms with van der Waals surface area (Å²) >= 11 is 0. The van der Waals surface area contributed by atoms with Gasteiger partial charge in [-0.3, -0.25) is 0 Å². The molecule has 0 amide bonds. The molecule has 0 N–H and O–H groups in total. The Morgan fingerprint density at radius 3 is 2.92 bits per heavy atom. The summed E-state index contributed by atoms with van der Waals surface area (Å²) in [5.41, 5.74) is 0.111. The van der Waals surface area contributed by atoms with Crippen molar-refractivity contribution in [2.24, 2.45) is 0 Å². The first kappa shape index (κ1) is 7.87. The van der Waals surface area contributed by atoms with Crippen LogP contribution < -0.4 is 0 Å². The number of furan rings is 1. The first-order chi connectivity index (χ1) is 5.74. The molecule has 1 unspecified atom stereocenters. The Kier molecular flexibility index (Phi) is 1.72. The van der Waals surface area contributed by atoms with E-state index in [1.807, 2.05) is 13.0 Å². The van der Waals surface area contributed by atoms with Crippen molar-refractivity contribution in [1.29, 1.82) is 0 Å². The highest BCUT2D eigenvalue weighted by Gasteiger charge is 2.37. The van der Waals surface area contributed by atoms with Crippen molar-refractivity contribution in [2.75, 3.05) is 13.2 Å². The van der Waals surface area contributed by atoms with Crippen LogP contribution in [-0.4, -0.2) is 13.2 Å². The lowest BCUT2D eigenvalue weighted by molar-refractivity contribution is 0.0975. The van der Waals surface area contributed by atoms with Crippen molar-refractivity contribution in [2.45, 2.75) is 25.7 Å². The second-order valence-corrected chi connectivity index (χ2v) is 3.64. The van der Waals surface area contributed by atoms with Crippen LogP contribution in [0.15, 0.2) is 16.5 Å². The summed E-state index contributed by atoms with van der Waals surface area (Å²) in [6.45, 7) is 5.76. The predicted molar refractivity (Wildman–Crippen MR) is 46.3 cm³/mol. The minimum atomic E-state index is 0.111. The first-order valence-corrected chi connectivity index (χ1v) is 4.41. The molecule has 0 aromatic carbocycles. The summed E-state index contributed by atoms with van der Waals surface area (Å²) in [5.74, 6) is 2.16. The zero-order valence-electron chi connectivity index (χ0n) is 7.59. The molecule has 2 nitrogen and oxygen atoms in total. The Hall–Kier alpha value is -0.760. The van der Waals surface area contributed by atoms with Gasteiger partial charge < -0.3 is 9.15 Å². The van der Waals surface area contributed by atoms with Crippen molar-refractivity contribution < 1.29 is 9.15 Å². The van der Waals surface area contributed by atoms with E-state index in [2.05, 4.69) is 13.0 Å². The van der Waals surface area contributed by atoms with E-state index in [1.165, 1.54) is 0 Å². The summed E-state index contributed by atoms with van der Waals surface area (Å²) in [4.78, 5) is 0. The Morgan fingerprint density at radius 1 is 1.58 bits per heavy atom. The van der Waals surface area contributed by atoms with E-state index < -0.39 is 0 Å². The molecule has 0 saturated carbocycles. The number of hydrogen-bond donors (Lipinski definition) is 0. The van der Waals surface area contributed by atoms with Crippen LogP contribution in [0.3, 0.4) is 0 Å². The molecule has 0 radical (unpaired) electrons. The molecule has 66 valence electrons. The molecule has 1 aliphatic rings. The zero-order valence-corrected chi connectivity index (χ0v) is 7.59. The van der Waals surface area contributed by atoms with E-state index in [0.717, 1.165) is 31.2 Å². The fourth-order valence-electron chi connectivity index (χ4n) is 1.72. The number of hydrogen-bond acceptors (Lipinski definition) is 2. The van der Waals surface area contributed by atoms with Gasteiger partial charge in [-0.25, -0.2) is 0 Å². The third kappa shape index (κ3) is 1.07. The van der Waals surface area contributed by atoms with Crippen LogP contribution in [-0.2, 0) is 16.6 Å². The maximum absolute atomic E-state index is 5.53. The Labute approximate surface area is 72.5 Å². The molecule has 0 saturated heterocycles. The summed E-state index contributed by atoms with van der Waals surface area (Å²) in [5, 5.41) is 0. The first-order valence-electron chi connectivity index (χ1n) is 4.41. The van der Waals surface area contributed by atoms with Gasteiger partial charge in [0.25, 0.3) is 0 Å². The zero-order chi connectivity index (χ0) is 8.60. The Bertz CT molecular complexity index is 277. The second-order valence-electron chi connectivity index (χ2n) is 3.64. The standard InChI is InChI=1S/C10H14O2/c1-3-11-7-10(2)6-8-4-5-9(10)12-8/h4-5H,3,6-7H2,1-2H3. The molecule has 0 aliphatic carbocycles. The molecule has 1 aromatic rings. The molecule has 2 rings (SSSR count). The maximum Gasteiger partial charge on any atom is 0.112 e. The van der Waals surface area contributed by atoms with E-state index in [9.17, 15) is 0 Å². The molecule has 1 aromatic heterocycles. The van der Waals surface area contributed by atoms with E-state index in [1.54, 1.807) is 0 Å². The van der Waals surface area contributed by atoms with Gasteiger partial charge in [-0.15, -0.1) is 0 Å². The van der Waals surface area contributed by atoms with Gasteiger partial charge in [-0.05, 0) is 26.0 Å². The predicted octanol–water partition coefficient (Wildman–Crippen LogP) is 2.13. The fraction of sp³-hybridized carbons (Fsp3) is 0.600. The minimum absolute atomic E-state index is 0.111. The smallest absolute Gasteiger partial charge is 0.112 e. The molecule has 1 atom stereocenters. The quantitative estimate of drug-likeness (QED) is 0.686. The summed E-state index contributed by atoms with van der Waals surface area (Å²) < 4.78 is 11.0. The van der Waals surface area contributed by atoms with Gasteiger partial charge in [0.1, 0.15) is 11.5 Å². The highest BCUT2D eigenvalue weighted by atomic mass is 16.5. The molecule has 2 bridgehead atoms. The average molecular weight is 166 g/mol. The van der Waals surface area contributed by atoms with Gasteiger partial charge in [-0.1, -0.05) is 0 Å². The van der Waals surface area contributed by atoms with Crippen molar-refractivity contribution >= 4 is 0 Å². The number of fused-ring (bicyclic) bond motifs is 2. The fourth-order valence-corrected chi connectivity index (χ4v) is 1.72. The number of rotatable bonds is 3. The molecular weight excluding hydrogens is 152 g/mol. The van der Waals surface area contributed by atoms with Gasteiger partial charge in [0, 0.05) is 13.0 Å². The van der Waals surface area contributed by atoms with Gasteiger partial charge in [0.2, 0.25) is 0 Å². The molecule has 2 heterocycles. The summed E-state index contributed by atoms with van der Waals surface area (Å²) in [7, 11) is 0. The monoisotopic (exact) mass is 166 g/mol. The summed E-state index contributed by atoms with van der Waals surface area (Å²) in [6, 6.07) is 4.10. The van der Waals surface area contributed by atoms with Crippen LogP contribution in [0.4, 0.5) is 0 Å². The van der Waals surface area contributed by atoms with Crippen LogP contribution in [0.2, 0.25) is 0 Å². The van der Waals surface area contributed by atoms with Crippen LogP contribution >= 0.6 is 0 Å². The van der Waals surface area contributed by atoms with Crippen molar-refractivity contribution in [1.82, 2.24) is 0 Å². The average Bonchev–Trinajstić information content (AvgIpc) is 2.60. The molecule has 0 spiro atoms. The minimum Gasteiger partial charge on any atom is -0.465 e. The highest BCUT2D eigenvalue weighted by Crippen LogP contribution is 2.36.